The maximum atomic E-state index is 13.2. The molecule has 4 rings (SSSR count). The Morgan fingerprint density at radius 3 is 2.29 bits per heavy atom. The molecule has 0 unspecified atom stereocenters. The smallest absolute Gasteiger partial charge is 0.368 e. The zero-order valence-corrected chi connectivity index (χ0v) is 17.5. The van der Waals surface area contributed by atoms with Crippen molar-refractivity contribution in [3.63, 3.8) is 0 Å². The van der Waals surface area contributed by atoms with Gasteiger partial charge in [-0.05, 0) is 55.5 Å². The minimum Gasteiger partial charge on any atom is -0.368 e. The van der Waals surface area contributed by atoms with Crippen LogP contribution in [0.4, 0.5) is 18.9 Å². The summed E-state index contributed by atoms with van der Waals surface area (Å²) in [7, 11) is 0. The van der Waals surface area contributed by atoms with E-state index in [1.807, 2.05) is 11.8 Å². The van der Waals surface area contributed by atoms with Crippen molar-refractivity contribution in [2.45, 2.75) is 13.1 Å². The summed E-state index contributed by atoms with van der Waals surface area (Å²) in [5.41, 5.74) is 1.70. The van der Waals surface area contributed by atoms with Crippen LogP contribution in [0.2, 0.25) is 5.02 Å². The number of hydrogen-bond donors (Lipinski definition) is 0. The SMILES string of the molecule is Cc1cc(C(=O)N2CCN(c3cccc(C(F)(F)F)c3)CC2)n(-c2ccc(Cl)cc2)n1. The maximum absolute atomic E-state index is 13.2. The van der Waals surface area contributed by atoms with Crippen LogP contribution in [-0.4, -0.2) is 46.8 Å². The lowest BCUT2D eigenvalue weighted by molar-refractivity contribution is -0.137. The predicted octanol–water partition coefficient (Wildman–Crippen LogP) is 4.82. The number of alkyl halides is 3. The Balaban J connectivity index is 1.49. The molecule has 1 aromatic heterocycles. The fraction of sp³-hybridized carbons (Fsp3) is 0.273. The lowest BCUT2D eigenvalue weighted by Crippen LogP contribution is -2.49. The van der Waals surface area contributed by atoms with Crippen molar-refractivity contribution in [1.29, 1.82) is 0 Å². The van der Waals surface area contributed by atoms with Gasteiger partial charge in [-0.25, -0.2) is 4.68 Å². The first-order valence-corrected chi connectivity index (χ1v) is 10.1. The van der Waals surface area contributed by atoms with Gasteiger partial charge in [-0.2, -0.15) is 18.3 Å². The Labute approximate surface area is 182 Å². The zero-order valence-electron chi connectivity index (χ0n) is 16.7. The molecule has 2 heterocycles. The molecule has 0 N–H and O–H groups in total. The molecule has 2 aromatic carbocycles. The first-order valence-electron chi connectivity index (χ1n) is 9.76. The zero-order chi connectivity index (χ0) is 22.2. The van der Waals surface area contributed by atoms with Crippen LogP contribution in [0.5, 0.6) is 0 Å². The van der Waals surface area contributed by atoms with E-state index >= 15 is 0 Å². The molecule has 31 heavy (non-hydrogen) atoms. The van der Waals surface area contributed by atoms with E-state index in [-0.39, 0.29) is 5.91 Å². The third-order valence-electron chi connectivity index (χ3n) is 5.23. The Bertz CT molecular complexity index is 1090. The fourth-order valence-electron chi connectivity index (χ4n) is 3.64. The average Bonchev–Trinajstić information content (AvgIpc) is 3.15. The Morgan fingerprint density at radius 2 is 1.65 bits per heavy atom. The summed E-state index contributed by atoms with van der Waals surface area (Å²) in [6.45, 7) is 3.51. The molecule has 3 aromatic rings. The number of carbonyl (C=O) groups excluding carboxylic acids is 1. The molecule has 0 aliphatic carbocycles. The molecular weight excluding hydrogens is 429 g/mol. The molecule has 1 aliphatic heterocycles. The topological polar surface area (TPSA) is 41.4 Å². The highest BCUT2D eigenvalue weighted by Crippen LogP contribution is 2.32. The average molecular weight is 449 g/mol. The summed E-state index contributed by atoms with van der Waals surface area (Å²) in [5.74, 6) is -0.167. The predicted molar refractivity (Wildman–Crippen MR) is 113 cm³/mol. The Hall–Kier alpha value is -3.00. The Kier molecular flexibility index (Phi) is 5.66. The third kappa shape index (κ3) is 4.54. The standard InChI is InChI=1S/C22H20ClF3N4O/c1-15-13-20(30(27-15)18-7-5-17(23)6-8-18)21(31)29-11-9-28(10-12-29)19-4-2-3-16(14-19)22(24,25)26/h2-8,13-14H,9-12H2,1H3. The van der Waals surface area contributed by atoms with Gasteiger partial charge in [-0.1, -0.05) is 17.7 Å². The summed E-state index contributed by atoms with van der Waals surface area (Å²) in [5, 5.41) is 5.02. The van der Waals surface area contributed by atoms with Gasteiger partial charge >= 0.3 is 6.18 Å². The van der Waals surface area contributed by atoms with Crippen molar-refractivity contribution in [2.24, 2.45) is 0 Å². The van der Waals surface area contributed by atoms with Gasteiger partial charge in [0.2, 0.25) is 0 Å². The van der Waals surface area contributed by atoms with E-state index in [0.717, 1.165) is 17.8 Å². The number of aromatic nitrogens is 2. The molecule has 1 amide bonds. The molecule has 1 saturated heterocycles. The summed E-state index contributed by atoms with van der Waals surface area (Å²) in [6.07, 6.45) is -4.38. The van der Waals surface area contributed by atoms with Gasteiger partial charge in [0.05, 0.1) is 16.9 Å². The van der Waals surface area contributed by atoms with Crippen LogP contribution in [-0.2, 0) is 6.18 Å². The maximum Gasteiger partial charge on any atom is 0.416 e. The van der Waals surface area contributed by atoms with Gasteiger partial charge in [0.25, 0.3) is 5.91 Å². The number of halogens is 4. The summed E-state index contributed by atoms with van der Waals surface area (Å²) in [4.78, 5) is 16.7. The first-order chi connectivity index (χ1) is 14.7. The first kappa shape index (κ1) is 21.2. The Morgan fingerprint density at radius 1 is 0.968 bits per heavy atom. The van der Waals surface area contributed by atoms with Crippen molar-refractivity contribution in [2.75, 3.05) is 31.1 Å². The second-order valence-electron chi connectivity index (χ2n) is 7.39. The molecule has 0 spiro atoms. The molecule has 162 valence electrons. The molecule has 5 nitrogen and oxygen atoms in total. The third-order valence-corrected chi connectivity index (χ3v) is 5.48. The molecule has 0 radical (unpaired) electrons. The number of piperazine rings is 1. The largest absolute Gasteiger partial charge is 0.416 e. The van der Waals surface area contributed by atoms with E-state index in [4.69, 9.17) is 11.6 Å². The molecule has 9 heteroatoms. The lowest BCUT2D eigenvalue weighted by Gasteiger charge is -2.36. The van der Waals surface area contributed by atoms with Crippen LogP contribution >= 0.6 is 11.6 Å². The number of hydrogen-bond acceptors (Lipinski definition) is 3. The van der Waals surface area contributed by atoms with E-state index in [2.05, 4.69) is 5.10 Å². The molecular formula is C22H20ClF3N4O. The van der Waals surface area contributed by atoms with E-state index in [0.29, 0.717) is 48.3 Å². The van der Waals surface area contributed by atoms with Crippen LogP contribution in [0.3, 0.4) is 0 Å². The second-order valence-corrected chi connectivity index (χ2v) is 7.82. The highest BCUT2D eigenvalue weighted by Gasteiger charge is 2.31. The van der Waals surface area contributed by atoms with E-state index in [1.165, 1.54) is 6.07 Å². The second kappa shape index (κ2) is 8.26. The fourth-order valence-corrected chi connectivity index (χ4v) is 3.77. The molecule has 0 saturated carbocycles. The number of anilines is 1. The van der Waals surface area contributed by atoms with Gasteiger partial charge in [0.15, 0.2) is 0 Å². The monoisotopic (exact) mass is 448 g/mol. The van der Waals surface area contributed by atoms with E-state index in [9.17, 15) is 18.0 Å². The summed E-state index contributed by atoms with van der Waals surface area (Å²) < 4.78 is 40.6. The van der Waals surface area contributed by atoms with Crippen molar-refractivity contribution >= 4 is 23.2 Å². The highest BCUT2D eigenvalue weighted by molar-refractivity contribution is 6.30. The number of rotatable bonds is 3. The van der Waals surface area contributed by atoms with E-state index in [1.54, 1.807) is 46.0 Å². The number of carbonyl (C=O) groups is 1. The number of amides is 1. The van der Waals surface area contributed by atoms with Gasteiger partial charge < -0.3 is 9.80 Å². The van der Waals surface area contributed by atoms with Crippen molar-refractivity contribution in [3.8, 4) is 5.69 Å². The van der Waals surface area contributed by atoms with Gasteiger partial charge in [0, 0.05) is 36.9 Å². The lowest BCUT2D eigenvalue weighted by atomic mass is 10.1. The molecule has 1 fully saturated rings. The van der Waals surface area contributed by atoms with Crippen LogP contribution in [0.15, 0.2) is 54.6 Å². The van der Waals surface area contributed by atoms with Crippen LogP contribution < -0.4 is 4.90 Å². The molecule has 1 aliphatic rings. The van der Waals surface area contributed by atoms with E-state index < -0.39 is 11.7 Å². The minimum absolute atomic E-state index is 0.167. The van der Waals surface area contributed by atoms with Crippen LogP contribution in [0, 0.1) is 6.92 Å². The molecule has 0 bridgehead atoms. The van der Waals surface area contributed by atoms with Gasteiger partial charge in [-0.3, -0.25) is 4.79 Å². The number of aryl methyl sites for hydroxylation is 1. The number of benzene rings is 2. The molecule has 0 atom stereocenters. The normalized spacial score (nSPS) is 14.7. The van der Waals surface area contributed by atoms with Crippen LogP contribution in [0.1, 0.15) is 21.7 Å². The minimum atomic E-state index is -4.38. The quantitative estimate of drug-likeness (QED) is 0.577. The number of nitrogens with zero attached hydrogens (tertiary/aromatic N) is 4. The van der Waals surface area contributed by atoms with Gasteiger partial charge in [0.1, 0.15) is 5.69 Å². The van der Waals surface area contributed by atoms with Crippen LogP contribution in [0.25, 0.3) is 5.69 Å². The van der Waals surface area contributed by atoms with Crippen molar-refractivity contribution in [1.82, 2.24) is 14.7 Å². The van der Waals surface area contributed by atoms with Crippen molar-refractivity contribution < 1.29 is 18.0 Å². The van der Waals surface area contributed by atoms with Crippen molar-refractivity contribution in [3.05, 3.63) is 76.6 Å². The summed E-state index contributed by atoms with van der Waals surface area (Å²) in [6, 6.07) is 14.0. The van der Waals surface area contributed by atoms with Gasteiger partial charge in [-0.15, -0.1) is 0 Å². The summed E-state index contributed by atoms with van der Waals surface area (Å²) >= 11 is 5.96. The highest BCUT2D eigenvalue weighted by atomic mass is 35.5.